The summed E-state index contributed by atoms with van der Waals surface area (Å²) < 4.78 is 0. The second kappa shape index (κ2) is 8.24. The highest BCUT2D eigenvalue weighted by molar-refractivity contribution is 5.66. The Morgan fingerprint density at radius 2 is 2.27 bits per heavy atom. The quantitative estimate of drug-likeness (QED) is 0.478. The molecular formula is C12H21NO2. The van der Waals surface area contributed by atoms with Crippen LogP contribution in [0.25, 0.3) is 0 Å². The Bertz CT molecular complexity index is 234. The van der Waals surface area contributed by atoms with Gasteiger partial charge in [-0.1, -0.05) is 31.2 Å². The van der Waals surface area contributed by atoms with Crippen LogP contribution in [0.2, 0.25) is 0 Å². The van der Waals surface area contributed by atoms with Gasteiger partial charge in [0.25, 0.3) is 0 Å². The summed E-state index contributed by atoms with van der Waals surface area (Å²) in [6.07, 6.45) is 5.68. The van der Waals surface area contributed by atoms with E-state index in [1.54, 1.807) is 6.08 Å². The summed E-state index contributed by atoms with van der Waals surface area (Å²) in [5.41, 5.74) is 1.29. The van der Waals surface area contributed by atoms with Gasteiger partial charge in [-0.2, -0.15) is 0 Å². The topological polar surface area (TPSA) is 49.3 Å². The van der Waals surface area contributed by atoms with Gasteiger partial charge in [-0.05, 0) is 26.3 Å². The monoisotopic (exact) mass is 211 g/mol. The highest BCUT2D eigenvalue weighted by atomic mass is 16.4. The van der Waals surface area contributed by atoms with Crippen LogP contribution in [0.3, 0.4) is 0 Å². The van der Waals surface area contributed by atoms with Gasteiger partial charge in [-0.3, -0.25) is 4.79 Å². The molecule has 0 fully saturated rings. The first-order chi connectivity index (χ1) is 7.11. The maximum Gasteiger partial charge on any atom is 0.303 e. The van der Waals surface area contributed by atoms with Gasteiger partial charge in [0.15, 0.2) is 0 Å². The van der Waals surface area contributed by atoms with Crippen molar-refractivity contribution in [1.29, 1.82) is 0 Å². The first kappa shape index (κ1) is 13.9. The molecule has 0 bridgehead atoms. The minimum Gasteiger partial charge on any atom is -0.481 e. The molecule has 0 heterocycles. The van der Waals surface area contributed by atoms with E-state index in [9.17, 15) is 4.79 Å². The number of allylic oxidation sites excluding steroid dienone is 2. The predicted molar refractivity (Wildman–Crippen MR) is 62.9 cm³/mol. The number of rotatable bonds is 8. The van der Waals surface area contributed by atoms with E-state index in [-0.39, 0.29) is 6.42 Å². The van der Waals surface area contributed by atoms with Crippen molar-refractivity contribution in [3.05, 3.63) is 24.3 Å². The third-order valence-corrected chi connectivity index (χ3v) is 2.31. The van der Waals surface area contributed by atoms with Gasteiger partial charge in [0.2, 0.25) is 0 Å². The third kappa shape index (κ3) is 6.91. The van der Waals surface area contributed by atoms with Gasteiger partial charge in [0.05, 0.1) is 0 Å². The smallest absolute Gasteiger partial charge is 0.303 e. The van der Waals surface area contributed by atoms with Crippen molar-refractivity contribution in [2.24, 2.45) is 0 Å². The molecule has 0 aliphatic carbocycles. The van der Waals surface area contributed by atoms with E-state index in [0.29, 0.717) is 12.5 Å². The predicted octanol–water partition coefficient (Wildman–Crippen LogP) is 2.35. The standard InChI is InChI=1S/C12H21NO2/c1-4-7-11(5-2)10(3)13-9-6-8-12(14)15/h4,7,10,13H,1,5-6,8-9H2,2-3H3,(H,14,15)/b11-7+. The highest BCUT2D eigenvalue weighted by Gasteiger charge is 2.05. The Kier molecular flexibility index (Phi) is 7.64. The molecular weight excluding hydrogens is 190 g/mol. The van der Waals surface area contributed by atoms with Crippen molar-refractivity contribution in [3.63, 3.8) is 0 Å². The molecule has 3 nitrogen and oxygen atoms in total. The minimum atomic E-state index is -0.734. The molecule has 1 unspecified atom stereocenters. The molecule has 0 radical (unpaired) electrons. The van der Waals surface area contributed by atoms with E-state index in [0.717, 1.165) is 13.0 Å². The van der Waals surface area contributed by atoms with E-state index >= 15 is 0 Å². The van der Waals surface area contributed by atoms with Crippen LogP contribution in [0.4, 0.5) is 0 Å². The van der Waals surface area contributed by atoms with Crippen LogP contribution in [-0.4, -0.2) is 23.7 Å². The van der Waals surface area contributed by atoms with Crippen molar-refractivity contribution in [1.82, 2.24) is 5.32 Å². The number of carbonyl (C=O) groups is 1. The second-order valence-electron chi connectivity index (χ2n) is 3.50. The molecule has 0 saturated heterocycles. The van der Waals surface area contributed by atoms with E-state index in [2.05, 4.69) is 25.7 Å². The number of hydrogen-bond acceptors (Lipinski definition) is 2. The van der Waals surface area contributed by atoms with Crippen molar-refractivity contribution >= 4 is 5.97 Å². The van der Waals surface area contributed by atoms with Crippen molar-refractivity contribution < 1.29 is 9.90 Å². The van der Waals surface area contributed by atoms with Crippen LogP contribution in [0.1, 0.15) is 33.1 Å². The average molecular weight is 211 g/mol. The lowest BCUT2D eigenvalue weighted by Gasteiger charge is -2.15. The fourth-order valence-corrected chi connectivity index (χ4v) is 1.41. The van der Waals surface area contributed by atoms with Gasteiger partial charge in [0, 0.05) is 12.5 Å². The van der Waals surface area contributed by atoms with Crippen molar-refractivity contribution in [3.8, 4) is 0 Å². The molecule has 0 saturated carbocycles. The second-order valence-corrected chi connectivity index (χ2v) is 3.50. The van der Waals surface area contributed by atoms with E-state index in [1.807, 2.05) is 6.08 Å². The zero-order valence-electron chi connectivity index (χ0n) is 9.62. The van der Waals surface area contributed by atoms with Crippen LogP contribution in [-0.2, 0) is 4.79 Å². The molecule has 0 amide bonds. The molecule has 0 aliphatic heterocycles. The molecule has 0 spiro atoms. The largest absolute Gasteiger partial charge is 0.481 e. The first-order valence-electron chi connectivity index (χ1n) is 5.38. The molecule has 15 heavy (non-hydrogen) atoms. The zero-order valence-corrected chi connectivity index (χ0v) is 9.62. The number of nitrogens with one attached hydrogen (secondary N) is 1. The van der Waals surface area contributed by atoms with Gasteiger partial charge < -0.3 is 10.4 Å². The highest BCUT2D eigenvalue weighted by Crippen LogP contribution is 2.06. The summed E-state index contributed by atoms with van der Waals surface area (Å²) in [7, 11) is 0. The van der Waals surface area contributed by atoms with Gasteiger partial charge in [0.1, 0.15) is 0 Å². The molecule has 0 aromatic carbocycles. The lowest BCUT2D eigenvalue weighted by molar-refractivity contribution is -0.137. The Labute approximate surface area is 91.9 Å². The van der Waals surface area contributed by atoms with Crippen LogP contribution < -0.4 is 5.32 Å². The average Bonchev–Trinajstić information content (AvgIpc) is 2.20. The lowest BCUT2D eigenvalue weighted by atomic mass is 10.1. The van der Waals surface area contributed by atoms with Crippen LogP contribution in [0.5, 0.6) is 0 Å². The zero-order chi connectivity index (χ0) is 11.7. The number of hydrogen-bond donors (Lipinski definition) is 2. The Morgan fingerprint density at radius 3 is 2.73 bits per heavy atom. The molecule has 3 heteroatoms. The summed E-state index contributed by atoms with van der Waals surface area (Å²) in [6.45, 7) is 8.59. The molecule has 0 aromatic rings. The molecule has 2 N–H and O–H groups in total. The SMILES string of the molecule is C=C/C=C(\CC)C(C)NCCCC(=O)O. The Morgan fingerprint density at radius 1 is 1.60 bits per heavy atom. The Balaban J connectivity index is 3.81. The fourth-order valence-electron chi connectivity index (χ4n) is 1.41. The minimum absolute atomic E-state index is 0.229. The van der Waals surface area contributed by atoms with Gasteiger partial charge in [-0.25, -0.2) is 0 Å². The van der Waals surface area contributed by atoms with E-state index < -0.39 is 5.97 Å². The summed E-state index contributed by atoms with van der Waals surface area (Å²) in [6, 6.07) is 0.293. The van der Waals surface area contributed by atoms with Crippen LogP contribution in [0, 0.1) is 0 Å². The van der Waals surface area contributed by atoms with E-state index in [4.69, 9.17) is 5.11 Å². The first-order valence-corrected chi connectivity index (χ1v) is 5.38. The summed E-state index contributed by atoms with van der Waals surface area (Å²) in [5, 5.41) is 11.8. The molecule has 86 valence electrons. The van der Waals surface area contributed by atoms with Crippen LogP contribution >= 0.6 is 0 Å². The van der Waals surface area contributed by atoms with Crippen molar-refractivity contribution in [2.45, 2.75) is 39.2 Å². The lowest BCUT2D eigenvalue weighted by Crippen LogP contribution is -2.29. The maximum atomic E-state index is 10.3. The summed E-state index contributed by atoms with van der Waals surface area (Å²) in [4.78, 5) is 10.3. The Hall–Kier alpha value is -1.09. The number of aliphatic carboxylic acids is 1. The number of carboxylic acids is 1. The number of carboxylic acid groups (broad SMARTS) is 1. The fraction of sp³-hybridized carbons (Fsp3) is 0.583. The molecule has 0 aromatic heterocycles. The normalized spacial score (nSPS) is 13.6. The summed E-state index contributed by atoms with van der Waals surface area (Å²) >= 11 is 0. The summed E-state index contributed by atoms with van der Waals surface area (Å²) in [5.74, 6) is -0.734. The van der Waals surface area contributed by atoms with E-state index in [1.165, 1.54) is 5.57 Å². The van der Waals surface area contributed by atoms with Crippen LogP contribution in [0.15, 0.2) is 24.3 Å². The maximum absolute atomic E-state index is 10.3. The third-order valence-electron chi connectivity index (χ3n) is 2.31. The van der Waals surface area contributed by atoms with Crippen molar-refractivity contribution in [2.75, 3.05) is 6.54 Å². The van der Waals surface area contributed by atoms with Gasteiger partial charge >= 0.3 is 5.97 Å². The van der Waals surface area contributed by atoms with Gasteiger partial charge in [-0.15, -0.1) is 0 Å². The molecule has 0 aliphatic rings. The molecule has 1 atom stereocenters. The molecule has 0 rings (SSSR count).